The van der Waals surface area contributed by atoms with Gasteiger partial charge in [0.05, 0.1) is 17.2 Å². The number of hydrogen-bond acceptors (Lipinski definition) is 5. The first-order valence-electron chi connectivity index (χ1n) is 11.3. The maximum atomic E-state index is 12.5. The number of ether oxygens (including phenoxy) is 1. The zero-order chi connectivity index (χ0) is 22.3. The van der Waals surface area contributed by atoms with Gasteiger partial charge in [-0.25, -0.2) is 5.10 Å². The van der Waals surface area contributed by atoms with Gasteiger partial charge in [-0.3, -0.25) is 9.59 Å². The summed E-state index contributed by atoms with van der Waals surface area (Å²) in [5, 5.41) is 11.2. The summed E-state index contributed by atoms with van der Waals surface area (Å²) in [7, 11) is 1.78. The van der Waals surface area contributed by atoms with Gasteiger partial charge in [0, 0.05) is 36.7 Å². The van der Waals surface area contributed by atoms with Gasteiger partial charge in [0.1, 0.15) is 0 Å². The molecule has 0 saturated carbocycles. The van der Waals surface area contributed by atoms with Crippen LogP contribution in [0.1, 0.15) is 32.1 Å². The van der Waals surface area contributed by atoms with Crippen molar-refractivity contribution in [1.82, 2.24) is 15.1 Å². The van der Waals surface area contributed by atoms with Crippen LogP contribution in [0.5, 0.6) is 0 Å². The van der Waals surface area contributed by atoms with E-state index in [0.29, 0.717) is 23.6 Å². The predicted octanol–water partition coefficient (Wildman–Crippen LogP) is 3.81. The maximum absolute atomic E-state index is 12.5. The summed E-state index contributed by atoms with van der Waals surface area (Å²) in [4.78, 5) is 26.9. The van der Waals surface area contributed by atoms with Crippen LogP contribution in [0.15, 0.2) is 53.3 Å². The first kappa shape index (κ1) is 22.2. The van der Waals surface area contributed by atoms with Crippen LogP contribution in [0.3, 0.4) is 0 Å². The molecule has 0 spiro atoms. The number of carbonyl (C=O) groups excluding carboxylic acids is 1. The molecule has 0 aliphatic carbocycles. The number of likely N-dealkylation sites (tertiary alicyclic amines) is 1. The number of nitrogens with one attached hydrogen (secondary N) is 2. The fourth-order valence-corrected chi connectivity index (χ4v) is 4.33. The van der Waals surface area contributed by atoms with Gasteiger partial charge in [-0.15, -0.1) is 0 Å². The van der Waals surface area contributed by atoms with E-state index in [-0.39, 0.29) is 11.5 Å². The van der Waals surface area contributed by atoms with Gasteiger partial charge < -0.3 is 15.0 Å². The van der Waals surface area contributed by atoms with Gasteiger partial charge in [0.25, 0.3) is 5.56 Å². The molecule has 2 aromatic carbocycles. The van der Waals surface area contributed by atoms with Crippen LogP contribution in [0.2, 0.25) is 0 Å². The Morgan fingerprint density at radius 3 is 2.88 bits per heavy atom. The lowest BCUT2D eigenvalue weighted by Crippen LogP contribution is -2.39. The number of piperidine rings is 1. The molecule has 1 saturated heterocycles. The third-order valence-electron chi connectivity index (χ3n) is 6.04. The molecule has 1 aliphatic heterocycles. The van der Waals surface area contributed by atoms with Crippen LogP contribution in [0.4, 0.5) is 5.69 Å². The zero-order valence-electron chi connectivity index (χ0n) is 18.5. The Bertz CT molecular complexity index is 1130. The number of methoxy groups -OCH3 is 1. The van der Waals surface area contributed by atoms with Crippen molar-refractivity contribution in [2.75, 3.05) is 32.1 Å². The number of benzene rings is 2. The molecule has 2 heterocycles. The summed E-state index contributed by atoms with van der Waals surface area (Å²) in [5.41, 5.74) is 2.04. The third-order valence-corrected chi connectivity index (χ3v) is 6.04. The minimum Gasteiger partial charge on any atom is -0.380 e. The van der Waals surface area contributed by atoms with Gasteiger partial charge in [0.2, 0.25) is 5.91 Å². The lowest BCUT2D eigenvalue weighted by molar-refractivity contribution is -0.116. The lowest BCUT2D eigenvalue weighted by Gasteiger charge is -2.31. The molecular weight excluding hydrogens is 404 g/mol. The number of H-pyrrole nitrogens is 1. The van der Waals surface area contributed by atoms with E-state index in [1.165, 1.54) is 6.42 Å². The molecule has 0 bridgehead atoms. The second-order valence-corrected chi connectivity index (χ2v) is 8.33. The van der Waals surface area contributed by atoms with Crippen molar-refractivity contribution in [1.29, 1.82) is 0 Å². The average Bonchev–Trinajstić information content (AvgIpc) is 2.82. The number of fused-ring (bicyclic) bond motifs is 1. The highest BCUT2D eigenvalue weighted by molar-refractivity contribution is 5.95. The van der Waals surface area contributed by atoms with E-state index < -0.39 is 0 Å². The molecule has 4 rings (SSSR count). The first-order valence-corrected chi connectivity index (χ1v) is 11.3. The molecule has 168 valence electrons. The van der Waals surface area contributed by atoms with Crippen LogP contribution in [0.25, 0.3) is 22.0 Å². The molecule has 7 heteroatoms. The number of anilines is 1. The van der Waals surface area contributed by atoms with E-state index >= 15 is 0 Å². The normalized spacial score (nSPS) is 16.8. The van der Waals surface area contributed by atoms with Crippen LogP contribution in [-0.4, -0.2) is 53.9 Å². The number of unbranched alkanes of at least 4 members (excludes halogenated alkanes) is 1. The molecule has 3 aromatic rings. The topological polar surface area (TPSA) is 87.3 Å². The van der Waals surface area contributed by atoms with E-state index in [4.69, 9.17) is 4.74 Å². The second kappa shape index (κ2) is 10.5. The van der Waals surface area contributed by atoms with Crippen LogP contribution in [0, 0.1) is 0 Å². The standard InChI is InChI=1S/C25H30N4O3/c1-32-20-10-7-15-29(17-20)14-5-4-13-23(30)26-19-9-6-8-18(16-19)24-21-11-2-3-12-22(21)25(31)28-27-24/h2-3,6,8-9,11-12,16,20H,4-5,7,10,13-15,17H2,1H3,(H,26,30)(H,28,31). The van der Waals surface area contributed by atoms with Gasteiger partial charge >= 0.3 is 0 Å². The number of amides is 1. The summed E-state index contributed by atoms with van der Waals surface area (Å²) in [6.45, 7) is 3.11. The molecule has 1 amide bonds. The number of nitrogens with zero attached hydrogens (tertiary/aromatic N) is 2. The average molecular weight is 435 g/mol. The maximum Gasteiger partial charge on any atom is 0.272 e. The highest BCUT2D eigenvalue weighted by Gasteiger charge is 2.18. The number of carbonyl (C=O) groups is 1. The first-order chi connectivity index (χ1) is 15.6. The van der Waals surface area contributed by atoms with Gasteiger partial charge in [0.15, 0.2) is 0 Å². The van der Waals surface area contributed by atoms with Gasteiger partial charge in [-0.2, -0.15) is 5.10 Å². The van der Waals surface area contributed by atoms with Crippen molar-refractivity contribution < 1.29 is 9.53 Å². The van der Waals surface area contributed by atoms with Crippen molar-refractivity contribution in [3.05, 3.63) is 58.9 Å². The van der Waals surface area contributed by atoms with E-state index in [1.54, 1.807) is 13.2 Å². The molecule has 1 unspecified atom stereocenters. The molecule has 1 atom stereocenters. The van der Waals surface area contributed by atoms with E-state index in [0.717, 1.165) is 55.5 Å². The monoisotopic (exact) mass is 434 g/mol. The highest BCUT2D eigenvalue weighted by atomic mass is 16.5. The Balaban J connectivity index is 1.33. The molecule has 7 nitrogen and oxygen atoms in total. The molecular formula is C25H30N4O3. The van der Waals surface area contributed by atoms with Gasteiger partial charge in [-0.05, 0) is 57.0 Å². The van der Waals surface area contributed by atoms with Crippen molar-refractivity contribution >= 4 is 22.4 Å². The SMILES string of the molecule is COC1CCCN(CCCCC(=O)Nc2cccc(-c3n[nH]c(=O)c4ccccc34)c2)C1. The number of rotatable bonds is 8. The quantitative estimate of drug-likeness (QED) is 0.527. The van der Waals surface area contributed by atoms with Crippen molar-refractivity contribution in [3.63, 3.8) is 0 Å². The van der Waals surface area contributed by atoms with Crippen LogP contribution in [-0.2, 0) is 9.53 Å². The van der Waals surface area contributed by atoms with Crippen molar-refractivity contribution in [2.45, 2.75) is 38.2 Å². The van der Waals surface area contributed by atoms with Crippen molar-refractivity contribution in [3.8, 4) is 11.3 Å². The summed E-state index contributed by atoms with van der Waals surface area (Å²) < 4.78 is 5.48. The number of aromatic amines is 1. The Morgan fingerprint density at radius 1 is 1.19 bits per heavy atom. The minimum absolute atomic E-state index is 0.00912. The zero-order valence-corrected chi connectivity index (χ0v) is 18.5. The van der Waals surface area contributed by atoms with E-state index in [9.17, 15) is 9.59 Å². The smallest absolute Gasteiger partial charge is 0.272 e. The van der Waals surface area contributed by atoms with Crippen LogP contribution >= 0.6 is 0 Å². The summed E-state index contributed by atoms with van der Waals surface area (Å²) in [6.07, 6.45) is 5.00. The van der Waals surface area contributed by atoms with Gasteiger partial charge in [-0.1, -0.05) is 30.3 Å². The molecule has 0 radical (unpaired) electrons. The summed E-state index contributed by atoms with van der Waals surface area (Å²) in [6, 6.07) is 15.0. The number of aromatic nitrogens is 2. The highest BCUT2D eigenvalue weighted by Crippen LogP contribution is 2.26. The Labute approximate surface area is 187 Å². The molecule has 1 aliphatic rings. The summed E-state index contributed by atoms with van der Waals surface area (Å²) in [5.74, 6) is 0.00912. The van der Waals surface area contributed by atoms with Crippen molar-refractivity contribution in [2.24, 2.45) is 0 Å². The molecule has 1 fully saturated rings. The largest absolute Gasteiger partial charge is 0.380 e. The second-order valence-electron chi connectivity index (χ2n) is 8.33. The molecule has 1 aromatic heterocycles. The third kappa shape index (κ3) is 5.41. The van der Waals surface area contributed by atoms with Crippen LogP contribution < -0.4 is 10.9 Å². The fraction of sp³-hybridized carbons (Fsp3) is 0.400. The van der Waals surface area contributed by atoms with E-state index in [2.05, 4.69) is 20.4 Å². The Morgan fingerprint density at radius 2 is 2.03 bits per heavy atom. The Kier molecular flexibility index (Phi) is 7.29. The number of hydrogen-bond donors (Lipinski definition) is 2. The molecule has 32 heavy (non-hydrogen) atoms. The van der Waals surface area contributed by atoms with E-state index in [1.807, 2.05) is 42.5 Å². The predicted molar refractivity (Wildman–Crippen MR) is 127 cm³/mol. The minimum atomic E-state index is -0.212. The molecule has 2 N–H and O–H groups in total. The fourth-order valence-electron chi connectivity index (χ4n) is 4.33. The Hall–Kier alpha value is -3.03. The summed E-state index contributed by atoms with van der Waals surface area (Å²) >= 11 is 0. The lowest BCUT2D eigenvalue weighted by atomic mass is 10.0.